The van der Waals surface area contributed by atoms with Crippen LogP contribution in [0, 0.1) is 0 Å². The summed E-state index contributed by atoms with van der Waals surface area (Å²) in [7, 11) is 3.31. The average Bonchev–Trinajstić information content (AvgIpc) is 3.04. The average molecular weight is 446 g/mol. The minimum atomic E-state index is -0.745. The van der Waals surface area contributed by atoms with Crippen molar-refractivity contribution in [2.24, 2.45) is 0 Å². The molecule has 3 aromatic rings. The molecule has 0 radical (unpaired) electrons. The first-order valence-corrected chi connectivity index (χ1v) is 11.4. The fraction of sp³-hybridized carbons (Fsp3) is 0.286. The molecule has 2 aliphatic heterocycles. The van der Waals surface area contributed by atoms with Gasteiger partial charge in [-0.05, 0) is 49.8 Å². The molecule has 1 atom stereocenters. The standard InChI is InChI=1S/C26H26N2O3.C2H6/c1-25(2)21-12-8-9-13-22(21)28(20-10-6-5-7-11-20)26(25)15-14-18-16-19(27-30-4)17-23(29-3)24(18)31-26;1-2/h5-17,27H,1-4H3;1-2H3/p+1. The molecule has 0 saturated heterocycles. The second-order valence-electron chi connectivity index (χ2n) is 8.44. The number of anilines is 2. The van der Waals surface area contributed by atoms with Crippen molar-refractivity contribution in [3.05, 3.63) is 83.9 Å². The summed E-state index contributed by atoms with van der Waals surface area (Å²) in [5.74, 6) is 1.42. The van der Waals surface area contributed by atoms with Crippen LogP contribution in [-0.4, -0.2) is 19.9 Å². The van der Waals surface area contributed by atoms with Gasteiger partial charge in [0, 0.05) is 29.1 Å². The van der Waals surface area contributed by atoms with E-state index < -0.39 is 5.72 Å². The Bertz CT molecular complexity index is 1160. The number of nitrogens with zero attached hydrogens (tertiary/aromatic N) is 1. The Balaban J connectivity index is 0.00000126. The van der Waals surface area contributed by atoms with E-state index in [4.69, 9.17) is 14.3 Å². The van der Waals surface area contributed by atoms with E-state index in [0.29, 0.717) is 5.75 Å². The van der Waals surface area contributed by atoms with Gasteiger partial charge in [-0.2, -0.15) is 5.48 Å². The van der Waals surface area contributed by atoms with Gasteiger partial charge < -0.3 is 9.47 Å². The van der Waals surface area contributed by atoms with Crippen LogP contribution in [0.5, 0.6) is 11.5 Å². The second kappa shape index (κ2) is 8.93. The first-order chi connectivity index (χ1) is 16.0. The fourth-order valence-corrected chi connectivity index (χ4v) is 4.84. The molecule has 0 aromatic heterocycles. The lowest BCUT2D eigenvalue weighted by Crippen LogP contribution is -2.75. The van der Waals surface area contributed by atoms with Gasteiger partial charge in [0.2, 0.25) is 5.72 Å². The molecule has 2 aliphatic rings. The molecule has 3 aromatic carbocycles. The molecule has 5 nitrogen and oxygen atoms in total. The van der Waals surface area contributed by atoms with Gasteiger partial charge in [-0.25, -0.2) is 4.84 Å². The molecule has 0 aliphatic carbocycles. The van der Waals surface area contributed by atoms with Crippen molar-refractivity contribution in [2.45, 2.75) is 38.8 Å². The number of benzene rings is 3. The molecule has 5 heteroatoms. The van der Waals surface area contributed by atoms with Crippen LogP contribution in [0.25, 0.3) is 6.08 Å². The Hall–Kier alpha value is -3.28. The lowest BCUT2D eigenvalue weighted by Gasteiger charge is -2.47. The lowest BCUT2D eigenvalue weighted by atomic mass is 9.76. The number of hydrogen-bond donors (Lipinski definition) is 1. The molecule has 2 N–H and O–H groups in total. The number of nitrogens with two attached hydrogens (primary N) is 1. The van der Waals surface area contributed by atoms with E-state index in [-0.39, 0.29) is 5.41 Å². The molecule has 0 amide bonds. The largest absolute Gasteiger partial charge is 0.493 e. The molecule has 1 unspecified atom stereocenters. The van der Waals surface area contributed by atoms with Gasteiger partial charge in [0.05, 0.1) is 19.6 Å². The number of quaternary nitrogens is 1. The highest BCUT2D eigenvalue weighted by atomic mass is 16.6. The Morgan fingerprint density at radius 2 is 1.61 bits per heavy atom. The lowest BCUT2D eigenvalue weighted by molar-refractivity contribution is -0.830. The Morgan fingerprint density at radius 3 is 2.30 bits per heavy atom. The second-order valence-corrected chi connectivity index (χ2v) is 8.44. The third-order valence-electron chi connectivity index (χ3n) is 6.39. The molecule has 0 saturated carbocycles. The van der Waals surface area contributed by atoms with Crippen molar-refractivity contribution in [3.8, 4) is 11.5 Å². The number of rotatable bonds is 4. The number of hydrogen-bond acceptors (Lipinski definition) is 4. The van der Waals surface area contributed by atoms with Gasteiger partial charge in [0.1, 0.15) is 0 Å². The molecule has 0 fully saturated rings. The zero-order valence-corrected chi connectivity index (χ0v) is 20.3. The van der Waals surface area contributed by atoms with Crippen molar-refractivity contribution in [1.82, 2.24) is 0 Å². The van der Waals surface area contributed by atoms with Crippen LogP contribution < -0.4 is 19.9 Å². The number of para-hydroxylation sites is 2. The highest BCUT2D eigenvalue weighted by Gasteiger charge is 2.59. The van der Waals surface area contributed by atoms with E-state index in [0.717, 1.165) is 28.4 Å². The van der Waals surface area contributed by atoms with Crippen LogP contribution in [0.4, 0.5) is 17.1 Å². The highest BCUT2D eigenvalue weighted by molar-refractivity contribution is 5.80. The molecule has 0 bridgehead atoms. The molecule has 172 valence electrons. The van der Waals surface area contributed by atoms with Gasteiger partial charge in [-0.1, -0.05) is 50.2 Å². The minimum absolute atomic E-state index is 0.323. The van der Waals surface area contributed by atoms with E-state index >= 15 is 0 Å². The summed E-state index contributed by atoms with van der Waals surface area (Å²) in [6.07, 6.45) is 4.32. The van der Waals surface area contributed by atoms with Crippen molar-refractivity contribution < 1.29 is 19.8 Å². The van der Waals surface area contributed by atoms with Crippen molar-refractivity contribution in [2.75, 3.05) is 19.1 Å². The predicted octanol–water partition coefficient (Wildman–Crippen LogP) is 5.71. The summed E-state index contributed by atoms with van der Waals surface area (Å²) in [5.41, 5.74) is 6.00. The maximum absolute atomic E-state index is 6.96. The van der Waals surface area contributed by atoms with E-state index in [1.165, 1.54) is 5.56 Å². The Morgan fingerprint density at radius 1 is 0.909 bits per heavy atom. The van der Waals surface area contributed by atoms with Gasteiger partial charge in [-0.3, -0.25) is 4.90 Å². The van der Waals surface area contributed by atoms with Gasteiger partial charge in [0.15, 0.2) is 17.2 Å². The first kappa shape index (κ1) is 22.9. The van der Waals surface area contributed by atoms with Gasteiger partial charge >= 0.3 is 0 Å². The Kier molecular flexibility index (Phi) is 6.19. The quantitative estimate of drug-likeness (QED) is 0.413. The van der Waals surface area contributed by atoms with Crippen molar-refractivity contribution in [3.63, 3.8) is 0 Å². The topological polar surface area (TPSA) is 47.5 Å². The molecule has 33 heavy (non-hydrogen) atoms. The van der Waals surface area contributed by atoms with Crippen molar-refractivity contribution >= 4 is 23.1 Å². The van der Waals surface area contributed by atoms with Crippen molar-refractivity contribution in [1.29, 1.82) is 0 Å². The van der Waals surface area contributed by atoms with Crippen LogP contribution in [0.3, 0.4) is 0 Å². The first-order valence-electron chi connectivity index (χ1n) is 11.4. The van der Waals surface area contributed by atoms with Gasteiger partial charge in [0.25, 0.3) is 0 Å². The van der Waals surface area contributed by atoms with E-state index in [2.05, 4.69) is 79.4 Å². The zero-order valence-electron chi connectivity index (χ0n) is 20.3. The third kappa shape index (κ3) is 3.48. The summed E-state index contributed by atoms with van der Waals surface area (Å²) in [6.45, 7) is 8.48. The summed E-state index contributed by atoms with van der Waals surface area (Å²) in [4.78, 5) is 7.51. The smallest absolute Gasteiger partial charge is 0.216 e. The van der Waals surface area contributed by atoms with Crippen LogP contribution in [-0.2, 0) is 10.3 Å². The SMILES string of the molecule is CC.CO[NH2+]c1cc2c(c(OC)c1)OC1(C=C2)N(c2ccccc2)c2ccccc2C1(C)C. The number of methoxy groups -OCH3 is 1. The maximum Gasteiger partial charge on any atom is 0.216 e. The molecule has 1 spiro atoms. The Labute approximate surface area is 196 Å². The van der Waals surface area contributed by atoms with Gasteiger partial charge in [-0.15, -0.1) is 0 Å². The normalized spacial score (nSPS) is 19.3. The molecular formula is C28H33N2O3+. The van der Waals surface area contributed by atoms with Crippen LogP contribution in [0.1, 0.15) is 38.8 Å². The monoisotopic (exact) mass is 445 g/mol. The van der Waals surface area contributed by atoms with E-state index in [1.54, 1.807) is 19.7 Å². The number of fused-ring (bicyclic) bond motifs is 2. The molecular weight excluding hydrogens is 412 g/mol. The van der Waals surface area contributed by atoms with Crippen LogP contribution in [0.2, 0.25) is 0 Å². The van der Waals surface area contributed by atoms with Crippen LogP contribution >= 0.6 is 0 Å². The highest BCUT2D eigenvalue weighted by Crippen LogP contribution is 2.58. The zero-order chi connectivity index (χ0) is 23.6. The summed E-state index contributed by atoms with van der Waals surface area (Å²) < 4.78 is 12.7. The number of ether oxygens (including phenoxy) is 2. The fourth-order valence-electron chi connectivity index (χ4n) is 4.84. The minimum Gasteiger partial charge on any atom is -0.493 e. The van der Waals surface area contributed by atoms with Crippen LogP contribution in [0.15, 0.2) is 72.8 Å². The third-order valence-corrected chi connectivity index (χ3v) is 6.39. The van der Waals surface area contributed by atoms with E-state index in [1.807, 2.05) is 32.0 Å². The molecule has 5 rings (SSSR count). The summed E-state index contributed by atoms with van der Waals surface area (Å²) in [6, 6.07) is 22.9. The maximum atomic E-state index is 6.96. The predicted molar refractivity (Wildman–Crippen MR) is 133 cm³/mol. The van der Waals surface area contributed by atoms with E-state index in [9.17, 15) is 0 Å². The summed E-state index contributed by atoms with van der Waals surface area (Å²) in [5, 5.41) is 0. The molecule has 2 heterocycles. The summed E-state index contributed by atoms with van der Waals surface area (Å²) >= 11 is 0.